The topological polar surface area (TPSA) is 89.6 Å². The molecule has 0 saturated heterocycles. The summed E-state index contributed by atoms with van der Waals surface area (Å²) in [5.74, 6) is 0.195. The molecular formula is C16H18N4OS. The normalized spacial score (nSPS) is 16.2. The average Bonchev–Trinajstić information content (AvgIpc) is 3.29. The van der Waals surface area contributed by atoms with Crippen LogP contribution in [0.25, 0.3) is 0 Å². The summed E-state index contributed by atoms with van der Waals surface area (Å²) in [6, 6.07) is 6.19. The van der Waals surface area contributed by atoms with Gasteiger partial charge in [0, 0.05) is 5.69 Å². The molecule has 0 bridgehead atoms. The van der Waals surface area contributed by atoms with Crippen LogP contribution in [0.4, 0.5) is 0 Å². The summed E-state index contributed by atoms with van der Waals surface area (Å²) < 4.78 is 0. The van der Waals surface area contributed by atoms with Crippen molar-refractivity contribution >= 4 is 17.7 Å². The van der Waals surface area contributed by atoms with Gasteiger partial charge in [-0.3, -0.25) is 4.79 Å². The van der Waals surface area contributed by atoms with Crippen LogP contribution < -0.4 is 5.32 Å². The van der Waals surface area contributed by atoms with Crippen molar-refractivity contribution < 1.29 is 4.79 Å². The molecule has 1 heterocycles. The van der Waals surface area contributed by atoms with Crippen LogP contribution in [-0.4, -0.2) is 22.2 Å². The van der Waals surface area contributed by atoms with Crippen molar-refractivity contribution in [2.45, 2.75) is 44.2 Å². The van der Waals surface area contributed by atoms with Gasteiger partial charge in [0.1, 0.15) is 16.6 Å². The summed E-state index contributed by atoms with van der Waals surface area (Å²) in [6.45, 7) is 5.48. The van der Waals surface area contributed by atoms with Gasteiger partial charge in [-0.2, -0.15) is 10.5 Å². The van der Waals surface area contributed by atoms with Crippen LogP contribution >= 0.6 is 11.8 Å². The summed E-state index contributed by atoms with van der Waals surface area (Å²) in [5.41, 5.74) is 1.40. The Morgan fingerprint density at radius 2 is 2.18 bits per heavy atom. The predicted molar refractivity (Wildman–Crippen MR) is 84.0 cm³/mol. The lowest BCUT2D eigenvalue weighted by Gasteiger charge is -2.22. The lowest BCUT2D eigenvalue weighted by atomic mass is 9.98. The highest BCUT2D eigenvalue weighted by Crippen LogP contribution is 2.39. The highest BCUT2D eigenvalue weighted by Gasteiger charge is 2.42. The number of hydrogen-bond donors (Lipinski definition) is 1. The van der Waals surface area contributed by atoms with Crippen molar-refractivity contribution in [3.63, 3.8) is 0 Å². The first-order valence-electron chi connectivity index (χ1n) is 7.13. The molecule has 114 valence electrons. The van der Waals surface area contributed by atoms with Crippen LogP contribution in [0, 0.1) is 42.4 Å². The standard InChI is InChI=1S/C16H18N4OS/c1-10-6-11(2)19-15(13(10)7-17)22-8-14(21)20-16(3,9-18)12-4-5-12/h6,12H,4-5,8H2,1-3H3,(H,20,21)/t16-/m0/s1. The Morgan fingerprint density at radius 3 is 2.73 bits per heavy atom. The number of carbonyl (C=O) groups excluding carboxylic acids is 1. The number of aromatic nitrogens is 1. The zero-order chi connectivity index (χ0) is 16.3. The van der Waals surface area contributed by atoms with Crippen LogP contribution in [0.15, 0.2) is 11.1 Å². The summed E-state index contributed by atoms with van der Waals surface area (Å²) in [7, 11) is 0. The number of aryl methyl sites for hydroxylation is 2. The molecule has 22 heavy (non-hydrogen) atoms. The second kappa shape index (κ2) is 6.37. The Labute approximate surface area is 134 Å². The summed E-state index contributed by atoms with van der Waals surface area (Å²) in [4.78, 5) is 16.4. The van der Waals surface area contributed by atoms with E-state index < -0.39 is 5.54 Å². The SMILES string of the molecule is Cc1cc(C)c(C#N)c(SCC(=O)N[C@@](C)(C#N)C2CC2)n1. The van der Waals surface area contributed by atoms with E-state index >= 15 is 0 Å². The maximum atomic E-state index is 12.1. The number of nitrogens with one attached hydrogen (secondary N) is 1. The number of amides is 1. The zero-order valence-electron chi connectivity index (χ0n) is 12.9. The van der Waals surface area contributed by atoms with Gasteiger partial charge in [-0.25, -0.2) is 4.98 Å². The highest BCUT2D eigenvalue weighted by molar-refractivity contribution is 8.00. The molecule has 1 fully saturated rings. The Kier molecular flexibility index (Phi) is 4.73. The maximum Gasteiger partial charge on any atom is 0.231 e. The summed E-state index contributed by atoms with van der Waals surface area (Å²) >= 11 is 1.24. The van der Waals surface area contributed by atoms with Crippen LogP contribution in [0.2, 0.25) is 0 Å². The lowest BCUT2D eigenvalue weighted by Crippen LogP contribution is -2.47. The van der Waals surface area contributed by atoms with E-state index in [1.165, 1.54) is 11.8 Å². The third-order valence-corrected chi connectivity index (χ3v) is 4.76. The fourth-order valence-electron chi connectivity index (χ4n) is 2.38. The molecule has 1 atom stereocenters. The molecule has 0 aromatic carbocycles. The fraction of sp³-hybridized carbons (Fsp3) is 0.500. The van der Waals surface area contributed by atoms with Crippen LogP contribution in [0.3, 0.4) is 0 Å². The van der Waals surface area contributed by atoms with E-state index in [0.717, 1.165) is 24.1 Å². The number of thioether (sulfide) groups is 1. The molecule has 6 heteroatoms. The Bertz CT molecular complexity index is 685. The summed E-state index contributed by atoms with van der Waals surface area (Å²) in [5, 5.41) is 21.9. The minimum absolute atomic E-state index is 0.147. The predicted octanol–water partition coefficient (Wildman–Crippen LogP) is 2.47. The van der Waals surface area contributed by atoms with Crippen molar-refractivity contribution in [3.05, 3.63) is 22.9 Å². The summed E-state index contributed by atoms with van der Waals surface area (Å²) in [6.07, 6.45) is 1.96. The van der Waals surface area contributed by atoms with E-state index in [9.17, 15) is 15.3 Å². The molecule has 0 aliphatic heterocycles. The van der Waals surface area contributed by atoms with Crippen LogP contribution in [0.1, 0.15) is 36.6 Å². The van der Waals surface area contributed by atoms with E-state index in [0.29, 0.717) is 10.6 Å². The van der Waals surface area contributed by atoms with E-state index in [1.54, 1.807) is 6.92 Å². The van der Waals surface area contributed by atoms with Crippen molar-refractivity contribution in [2.24, 2.45) is 5.92 Å². The molecule has 1 amide bonds. The molecule has 1 saturated carbocycles. The van der Waals surface area contributed by atoms with E-state index in [1.807, 2.05) is 19.9 Å². The Hall–Kier alpha value is -2.05. The first-order valence-corrected chi connectivity index (χ1v) is 8.11. The van der Waals surface area contributed by atoms with Gasteiger partial charge >= 0.3 is 0 Å². The van der Waals surface area contributed by atoms with Gasteiger partial charge in [0.25, 0.3) is 0 Å². The first kappa shape index (κ1) is 16.3. The minimum atomic E-state index is -0.786. The molecule has 0 radical (unpaired) electrons. The number of rotatable bonds is 5. The number of nitriles is 2. The molecule has 5 nitrogen and oxygen atoms in total. The first-order chi connectivity index (χ1) is 10.4. The van der Waals surface area contributed by atoms with Crippen LogP contribution in [0.5, 0.6) is 0 Å². The molecular weight excluding hydrogens is 296 g/mol. The molecule has 0 unspecified atom stereocenters. The molecule has 2 rings (SSSR count). The van der Waals surface area contributed by atoms with Gasteiger partial charge in [0.15, 0.2) is 0 Å². The Morgan fingerprint density at radius 1 is 1.50 bits per heavy atom. The van der Waals surface area contributed by atoms with Gasteiger partial charge in [-0.05, 0) is 51.2 Å². The van der Waals surface area contributed by atoms with Gasteiger partial charge in [-0.1, -0.05) is 11.8 Å². The molecule has 1 aromatic rings. The highest BCUT2D eigenvalue weighted by atomic mass is 32.2. The molecule has 1 aliphatic rings. The number of hydrogen-bond acceptors (Lipinski definition) is 5. The van der Waals surface area contributed by atoms with E-state index in [-0.39, 0.29) is 17.6 Å². The van der Waals surface area contributed by atoms with Gasteiger partial charge in [-0.15, -0.1) is 0 Å². The van der Waals surface area contributed by atoms with Crippen molar-refractivity contribution in [1.82, 2.24) is 10.3 Å². The minimum Gasteiger partial charge on any atom is -0.337 e. The lowest BCUT2D eigenvalue weighted by molar-refractivity contribution is -0.119. The largest absolute Gasteiger partial charge is 0.337 e. The maximum absolute atomic E-state index is 12.1. The van der Waals surface area contributed by atoms with E-state index in [2.05, 4.69) is 22.4 Å². The number of carbonyl (C=O) groups is 1. The molecule has 1 aromatic heterocycles. The van der Waals surface area contributed by atoms with E-state index in [4.69, 9.17) is 0 Å². The zero-order valence-corrected chi connectivity index (χ0v) is 13.8. The van der Waals surface area contributed by atoms with Gasteiger partial charge < -0.3 is 5.32 Å². The third-order valence-electron chi connectivity index (χ3n) is 3.79. The second-order valence-electron chi connectivity index (χ2n) is 5.80. The van der Waals surface area contributed by atoms with Crippen molar-refractivity contribution in [2.75, 3.05) is 5.75 Å². The van der Waals surface area contributed by atoms with Crippen molar-refractivity contribution in [3.8, 4) is 12.1 Å². The quantitative estimate of drug-likeness (QED) is 0.843. The van der Waals surface area contributed by atoms with Crippen LogP contribution in [-0.2, 0) is 4.79 Å². The third kappa shape index (κ3) is 3.58. The molecule has 1 N–H and O–H groups in total. The number of nitrogens with zero attached hydrogens (tertiary/aromatic N) is 3. The van der Waals surface area contributed by atoms with Gasteiger partial charge in [0.2, 0.25) is 5.91 Å². The average molecular weight is 314 g/mol. The number of pyridine rings is 1. The smallest absolute Gasteiger partial charge is 0.231 e. The molecule has 0 spiro atoms. The Balaban J connectivity index is 2.03. The van der Waals surface area contributed by atoms with Crippen molar-refractivity contribution in [1.29, 1.82) is 10.5 Å². The fourth-order valence-corrected chi connectivity index (χ4v) is 3.28. The molecule has 1 aliphatic carbocycles. The monoisotopic (exact) mass is 314 g/mol. The van der Waals surface area contributed by atoms with Gasteiger partial charge in [0.05, 0.1) is 17.4 Å². The second-order valence-corrected chi connectivity index (χ2v) is 6.76.